The summed E-state index contributed by atoms with van der Waals surface area (Å²) in [7, 11) is 0. The molecule has 5 heteroatoms. The predicted octanol–water partition coefficient (Wildman–Crippen LogP) is 10.8. The number of amidine groups is 2. The number of hydrogen-bond acceptors (Lipinski definition) is 5. The van der Waals surface area contributed by atoms with Crippen LogP contribution in [0.4, 0.5) is 0 Å². The van der Waals surface area contributed by atoms with Crippen molar-refractivity contribution in [3.63, 3.8) is 0 Å². The molecule has 4 nitrogen and oxygen atoms in total. The van der Waals surface area contributed by atoms with E-state index < -0.39 is 6.17 Å². The van der Waals surface area contributed by atoms with Crippen LogP contribution in [0, 0.1) is 0 Å². The third-order valence-electron chi connectivity index (χ3n) is 9.10. The highest BCUT2D eigenvalue weighted by Gasteiger charge is 2.25. The lowest BCUT2D eigenvalue weighted by Crippen LogP contribution is -2.36. The van der Waals surface area contributed by atoms with E-state index in [0.29, 0.717) is 0 Å². The molecule has 7 aromatic carbocycles. The van der Waals surface area contributed by atoms with E-state index in [1.165, 1.54) is 31.6 Å². The second kappa shape index (κ2) is 9.86. The molecule has 0 saturated heterocycles. The van der Waals surface area contributed by atoms with E-state index in [1.54, 1.807) is 11.3 Å². The minimum atomic E-state index is -0.413. The summed E-state index contributed by atoms with van der Waals surface area (Å²) in [5.74, 6) is 1.61. The maximum absolute atomic E-state index is 6.55. The van der Waals surface area contributed by atoms with Crippen LogP contribution in [0.25, 0.3) is 63.7 Å². The fraction of sp³-hybridized carbons (Fsp3) is 0.0244. The van der Waals surface area contributed by atoms with Gasteiger partial charge in [0.2, 0.25) is 0 Å². The summed E-state index contributed by atoms with van der Waals surface area (Å²) in [6, 6.07) is 49.0. The first-order valence-electron chi connectivity index (χ1n) is 15.4. The maximum atomic E-state index is 6.55. The first-order valence-corrected chi connectivity index (χ1v) is 16.3. The van der Waals surface area contributed by atoms with Gasteiger partial charge in [-0.05, 0) is 51.4 Å². The third kappa shape index (κ3) is 3.85. The zero-order valence-corrected chi connectivity index (χ0v) is 25.4. The Balaban J connectivity index is 1.23. The highest BCUT2D eigenvalue weighted by atomic mass is 32.1. The second-order valence-corrected chi connectivity index (χ2v) is 12.8. The molecule has 1 aliphatic heterocycles. The van der Waals surface area contributed by atoms with Crippen LogP contribution >= 0.6 is 11.3 Å². The molecule has 10 rings (SSSR count). The minimum Gasteiger partial charge on any atom is -0.455 e. The van der Waals surface area contributed by atoms with Crippen molar-refractivity contribution >= 4 is 86.7 Å². The molecule has 3 heterocycles. The number of hydrogen-bond donors (Lipinski definition) is 1. The van der Waals surface area contributed by atoms with Gasteiger partial charge in [0.25, 0.3) is 0 Å². The summed E-state index contributed by atoms with van der Waals surface area (Å²) in [4.78, 5) is 10.5. The Morgan fingerprint density at radius 3 is 2.20 bits per heavy atom. The van der Waals surface area contributed by atoms with Crippen molar-refractivity contribution in [1.82, 2.24) is 5.32 Å². The van der Waals surface area contributed by atoms with Gasteiger partial charge in [-0.3, -0.25) is 0 Å². The highest BCUT2D eigenvalue weighted by Crippen LogP contribution is 2.44. The number of furan rings is 1. The summed E-state index contributed by atoms with van der Waals surface area (Å²) >= 11 is 1.78. The summed E-state index contributed by atoms with van der Waals surface area (Å²) in [6.07, 6.45) is -0.413. The predicted molar refractivity (Wildman–Crippen MR) is 193 cm³/mol. The van der Waals surface area contributed by atoms with Gasteiger partial charge < -0.3 is 9.73 Å². The number of fused-ring (bicyclic) bond motifs is 10. The molecular formula is C41H25N3OS. The number of para-hydroxylation sites is 1. The van der Waals surface area contributed by atoms with E-state index in [1.807, 2.05) is 18.2 Å². The van der Waals surface area contributed by atoms with Crippen LogP contribution in [0.3, 0.4) is 0 Å². The minimum absolute atomic E-state index is 0.413. The van der Waals surface area contributed by atoms with Crippen LogP contribution in [0.5, 0.6) is 0 Å². The summed E-state index contributed by atoms with van der Waals surface area (Å²) in [5, 5.41) is 13.1. The van der Waals surface area contributed by atoms with Gasteiger partial charge in [-0.25, -0.2) is 9.98 Å². The standard InChI is InChI=1S/C41H25N3OS/c1-2-11-25(12-3-1)39-42-40(27-20-21-29-26(22-27)19-18-24-10-4-5-13-28(24)29)44-41(43-39)33-23-32-30-14-6-8-16-34(30)45-37(32)36-31-15-7-9-17-35(31)46-38(33)36/h1-23,40H,(H,42,43,44). The lowest BCUT2D eigenvalue weighted by molar-refractivity contribution is 0.673. The molecule has 1 atom stereocenters. The molecule has 1 unspecified atom stereocenters. The molecular weight excluding hydrogens is 583 g/mol. The number of thiophene rings is 1. The Morgan fingerprint density at radius 1 is 0.565 bits per heavy atom. The smallest absolute Gasteiger partial charge is 0.169 e. The van der Waals surface area contributed by atoms with Crippen molar-refractivity contribution in [2.45, 2.75) is 6.17 Å². The molecule has 0 saturated carbocycles. The van der Waals surface area contributed by atoms with Crippen molar-refractivity contribution in [3.05, 3.63) is 156 Å². The topological polar surface area (TPSA) is 49.9 Å². The molecule has 0 amide bonds. The number of nitrogens with zero attached hydrogens (tertiary/aromatic N) is 2. The van der Waals surface area contributed by atoms with Gasteiger partial charge >= 0.3 is 0 Å². The summed E-state index contributed by atoms with van der Waals surface area (Å²) < 4.78 is 8.92. The second-order valence-electron chi connectivity index (χ2n) is 11.8. The van der Waals surface area contributed by atoms with Gasteiger partial charge in [0.15, 0.2) is 6.17 Å². The van der Waals surface area contributed by atoms with Crippen molar-refractivity contribution in [1.29, 1.82) is 0 Å². The van der Waals surface area contributed by atoms with E-state index in [0.717, 1.165) is 60.4 Å². The van der Waals surface area contributed by atoms with E-state index in [4.69, 9.17) is 14.4 Å². The van der Waals surface area contributed by atoms with Crippen LogP contribution in [-0.4, -0.2) is 11.7 Å². The van der Waals surface area contributed by atoms with Crippen LogP contribution in [0.1, 0.15) is 22.9 Å². The largest absolute Gasteiger partial charge is 0.455 e. The van der Waals surface area contributed by atoms with E-state index in [2.05, 4.69) is 127 Å². The quantitative estimate of drug-likeness (QED) is 0.203. The average Bonchev–Trinajstić information content (AvgIpc) is 3.70. The Hall–Kier alpha value is -5.78. The molecule has 46 heavy (non-hydrogen) atoms. The number of benzene rings is 7. The molecule has 0 aliphatic carbocycles. The lowest BCUT2D eigenvalue weighted by Gasteiger charge is -2.23. The van der Waals surface area contributed by atoms with Gasteiger partial charge in [-0.15, -0.1) is 11.3 Å². The van der Waals surface area contributed by atoms with Crippen LogP contribution in [-0.2, 0) is 0 Å². The molecule has 216 valence electrons. The number of aliphatic imine (C=N–C) groups is 2. The van der Waals surface area contributed by atoms with Crippen molar-refractivity contribution in [2.24, 2.45) is 9.98 Å². The van der Waals surface area contributed by atoms with E-state index in [-0.39, 0.29) is 0 Å². The Morgan fingerprint density at radius 2 is 1.28 bits per heavy atom. The van der Waals surface area contributed by atoms with Crippen molar-refractivity contribution in [3.8, 4) is 0 Å². The van der Waals surface area contributed by atoms with Gasteiger partial charge in [0.1, 0.15) is 22.8 Å². The average molecular weight is 608 g/mol. The summed E-state index contributed by atoms with van der Waals surface area (Å²) in [5.41, 5.74) is 4.93. The number of nitrogens with one attached hydrogen (secondary N) is 1. The van der Waals surface area contributed by atoms with Crippen molar-refractivity contribution in [2.75, 3.05) is 0 Å². The van der Waals surface area contributed by atoms with Gasteiger partial charge in [0, 0.05) is 37.4 Å². The van der Waals surface area contributed by atoms with Crippen LogP contribution in [0.2, 0.25) is 0 Å². The maximum Gasteiger partial charge on any atom is 0.169 e. The summed E-state index contributed by atoms with van der Waals surface area (Å²) in [6.45, 7) is 0. The monoisotopic (exact) mass is 607 g/mol. The lowest BCUT2D eigenvalue weighted by atomic mass is 9.99. The van der Waals surface area contributed by atoms with Gasteiger partial charge in [-0.2, -0.15) is 0 Å². The zero-order chi connectivity index (χ0) is 30.2. The van der Waals surface area contributed by atoms with Crippen molar-refractivity contribution < 1.29 is 4.42 Å². The molecule has 0 bridgehead atoms. The van der Waals surface area contributed by atoms with E-state index >= 15 is 0 Å². The Labute approximate surface area is 267 Å². The molecule has 0 radical (unpaired) electrons. The van der Waals surface area contributed by atoms with E-state index in [9.17, 15) is 0 Å². The molecule has 1 N–H and O–H groups in total. The van der Waals surface area contributed by atoms with Gasteiger partial charge in [-0.1, -0.05) is 115 Å². The normalized spacial score (nSPS) is 15.2. The number of rotatable bonds is 3. The molecule has 0 fully saturated rings. The van der Waals surface area contributed by atoms with Gasteiger partial charge in [0.05, 0.1) is 4.70 Å². The molecule has 0 spiro atoms. The fourth-order valence-electron chi connectivity index (χ4n) is 6.91. The SMILES string of the molecule is c1ccc(C2=NC(c3ccc4c(ccc5ccccc54)c3)N=C(c3cc4c5ccccc5oc4c4c3sc3ccccc34)N2)cc1. The Bertz CT molecular complexity index is 2740. The molecule has 1 aliphatic rings. The zero-order valence-electron chi connectivity index (χ0n) is 24.6. The molecule has 9 aromatic rings. The third-order valence-corrected chi connectivity index (χ3v) is 10.3. The molecule has 2 aromatic heterocycles. The first-order chi connectivity index (χ1) is 22.8. The first kappa shape index (κ1) is 25.5. The van der Waals surface area contributed by atoms with Crippen LogP contribution < -0.4 is 5.32 Å². The fourth-order valence-corrected chi connectivity index (χ4v) is 8.13. The Kier molecular flexibility index (Phi) is 5.47. The highest BCUT2D eigenvalue weighted by molar-refractivity contribution is 7.26. The van der Waals surface area contributed by atoms with Crippen LogP contribution in [0.15, 0.2) is 154 Å².